The van der Waals surface area contributed by atoms with Crippen molar-refractivity contribution in [2.24, 2.45) is 5.41 Å². The lowest BCUT2D eigenvalue weighted by atomic mass is 9.81. The van der Waals surface area contributed by atoms with Gasteiger partial charge < -0.3 is 11.1 Å². The summed E-state index contributed by atoms with van der Waals surface area (Å²) in [4.78, 5) is 8.46. The van der Waals surface area contributed by atoms with Crippen molar-refractivity contribution in [1.82, 2.24) is 9.97 Å². The molecule has 0 unspecified atom stereocenters. The van der Waals surface area contributed by atoms with Gasteiger partial charge in [-0.1, -0.05) is 34.1 Å². The first-order valence-corrected chi connectivity index (χ1v) is 7.02. The Morgan fingerprint density at radius 2 is 1.79 bits per heavy atom. The van der Waals surface area contributed by atoms with E-state index in [2.05, 4.69) is 56.8 Å². The van der Waals surface area contributed by atoms with Gasteiger partial charge in [0, 0.05) is 11.1 Å². The van der Waals surface area contributed by atoms with Crippen molar-refractivity contribution in [2.45, 2.75) is 66.3 Å². The van der Waals surface area contributed by atoms with Crippen LogP contribution in [0.4, 0.5) is 11.6 Å². The van der Waals surface area contributed by atoms with Crippen molar-refractivity contribution in [3.05, 3.63) is 11.9 Å². The number of aromatic nitrogens is 2. The lowest BCUT2D eigenvalue weighted by molar-refractivity contribution is 0.302. The molecule has 0 spiro atoms. The Kier molecular flexibility index (Phi) is 4.77. The van der Waals surface area contributed by atoms with E-state index in [4.69, 9.17) is 5.73 Å². The summed E-state index contributed by atoms with van der Waals surface area (Å²) in [6.07, 6.45) is 4.52. The number of hydrogen-bond acceptors (Lipinski definition) is 4. The number of hydrogen-bond donors (Lipinski definition) is 2. The number of nitrogens with one attached hydrogen (secondary N) is 1. The summed E-state index contributed by atoms with van der Waals surface area (Å²) in [5.74, 6) is 1.47. The normalized spacial score (nSPS) is 12.5. The molecular weight excluding hydrogens is 236 g/mol. The third-order valence-electron chi connectivity index (χ3n) is 2.91. The van der Waals surface area contributed by atoms with E-state index in [0.717, 1.165) is 30.6 Å². The van der Waals surface area contributed by atoms with Crippen molar-refractivity contribution >= 4 is 11.6 Å². The van der Waals surface area contributed by atoms with Gasteiger partial charge in [0.15, 0.2) is 0 Å². The molecule has 108 valence electrons. The van der Waals surface area contributed by atoms with Gasteiger partial charge in [-0.3, -0.25) is 0 Å². The maximum atomic E-state index is 5.96. The fraction of sp³-hybridized carbons (Fsp3) is 0.733. The lowest BCUT2D eigenvalue weighted by Crippen LogP contribution is -2.36. The molecule has 0 amide bonds. The topological polar surface area (TPSA) is 63.8 Å². The molecule has 0 aliphatic carbocycles. The van der Waals surface area contributed by atoms with Gasteiger partial charge in [0.05, 0.1) is 0 Å². The maximum Gasteiger partial charge on any atom is 0.135 e. The zero-order chi connectivity index (χ0) is 14.7. The Balaban J connectivity index is 2.95. The van der Waals surface area contributed by atoms with Crippen LogP contribution >= 0.6 is 0 Å². The highest BCUT2D eigenvalue weighted by molar-refractivity contribution is 5.56. The summed E-state index contributed by atoms with van der Waals surface area (Å²) in [5.41, 5.74) is 7.23. The molecule has 0 aliphatic heterocycles. The first-order chi connectivity index (χ1) is 8.64. The van der Waals surface area contributed by atoms with E-state index in [0.29, 0.717) is 5.82 Å². The minimum Gasteiger partial charge on any atom is -0.383 e. The van der Waals surface area contributed by atoms with Gasteiger partial charge in [-0.05, 0) is 32.1 Å². The van der Waals surface area contributed by atoms with Gasteiger partial charge in [-0.25, -0.2) is 9.97 Å². The van der Waals surface area contributed by atoms with Crippen LogP contribution in [0.3, 0.4) is 0 Å². The van der Waals surface area contributed by atoms with Gasteiger partial charge in [0.25, 0.3) is 0 Å². The molecule has 1 rings (SSSR count). The number of nitrogens with two attached hydrogens (primary N) is 1. The molecule has 4 nitrogen and oxygen atoms in total. The van der Waals surface area contributed by atoms with Crippen LogP contribution in [0.15, 0.2) is 6.33 Å². The highest BCUT2D eigenvalue weighted by Crippen LogP contribution is 2.31. The summed E-state index contributed by atoms with van der Waals surface area (Å²) in [6.45, 7) is 13.3. The number of rotatable bonds is 5. The smallest absolute Gasteiger partial charge is 0.135 e. The fourth-order valence-electron chi connectivity index (χ4n) is 2.72. The SMILES string of the molecule is CCCc1c(N)ncnc1NC(C)(C)CC(C)(C)C. The van der Waals surface area contributed by atoms with Crippen LogP contribution in [0.1, 0.15) is 59.9 Å². The molecule has 0 atom stereocenters. The van der Waals surface area contributed by atoms with Gasteiger partial charge in [-0.2, -0.15) is 0 Å². The number of nitrogen functional groups attached to an aromatic ring is 1. The first kappa shape index (κ1) is 15.7. The van der Waals surface area contributed by atoms with Crippen molar-refractivity contribution in [1.29, 1.82) is 0 Å². The highest BCUT2D eigenvalue weighted by atomic mass is 15.1. The molecule has 0 saturated heterocycles. The van der Waals surface area contributed by atoms with E-state index in [-0.39, 0.29) is 11.0 Å². The highest BCUT2D eigenvalue weighted by Gasteiger charge is 2.26. The molecule has 1 aromatic heterocycles. The molecule has 1 heterocycles. The molecule has 0 aromatic carbocycles. The second-order valence-electron chi connectivity index (χ2n) is 7.08. The van der Waals surface area contributed by atoms with E-state index >= 15 is 0 Å². The predicted octanol–water partition coefficient (Wildman–Crippen LogP) is 3.64. The average Bonchev–Trinajstić information content (AvgIpc) is 2.19. The molecule has 0 fully saturated rings. The van der Waals surface area contributed by atoms with Crippen LogP contribution in [0.5, 0.6) is 0 Å². The third kappa shape index (κ3) is 5.05. The molecule has 3 N–H and O–H groups in total. The summed E-state index contributed by atoms with van der Waals surface area (Å²) >= 11 is 0. The van der Waals surface area contributed by atoms with Crippen LogP contribution in [0, 0.1) is 5.41 Å². The predicted molar refractivity (Wildman–Crippen MR) is 82.2 cm³/mol. The quantitative estimate of drug-likeness (QED) is 0.852. The van der Waals surface area contributed by atoms with Crippen molar-refractivity contribution < 1.29 is 0 Å². The van der Waals surface area contributed by atoms with Gasteiger partial charge in [0.2, 0.25) is 0 Å². The zero-order valence-electron chi connectivity index (χ0n) is 13.2. The Morgan fingerprint density at radius 1 is 1.16 bits per heavy atom. The Morgan fingerprint density at radius 3 is 2.32 bits per heavy atom. The van der Waals surface area contributed by atoms with E-state index in [1.807, 2.05) is 0 Å². The second-order valence-corrected chi connectivity index (χ2v) is 7.08. The van der Waals surface area contributed by atoms with Crippen LogP contribution in [0.2, 0.25) is 0 Å². The van der Waals surface area contributed by atoms with Crippen LogP contribution in [-0.2, 0) is 6.42 Å². The molecule has 0 aliphatic rings. The molecular formula is C15H28N4. The molecule has 4 heteroatoms. The van der Waals surface area contributed by atoms with E-state index in [1.54, 1.807) is 0 Å². The van der Waals surface area contributed by atoms with Crippen LogP contribution < -0.4 is 11.1 Å². The van der Waals surface area contributed by atoms with Gasteiger partial charge in [0.1, 0.15) is 18.0 Å². The second kappa shape index (κ2) is 5.76. The Hall–Kier alpha value is -1.32. The summed E-state index contributed by atoms with van der Waals surface area (Å²) in [7, 11) is 0. The van der Waals surface area contributed by atoms with Crippen molar-refractivity contribution in [2.75, 3.05) is 11.1 Å². The molecule has 1 aromatic rings. The minimum absolute atomic E-state index is 0.0263. The zero-order valence-corrected chi connectivity index (χ0v) is 13.2. The molecule has 0 bridgehead atoms. The monoisotopic (exact) mass is 264 g/mol. The van der Waals surface area contributed by atoms with E-state index in [9.17, 15) is 0 Å². The third-order valence-corrected chi connectivity index (χ3v) is 2.91. The number of nitrogens with zero attached hydrogens (tertiary/aromatic N) is 2. The first-order valence-electron chi connectivity index (χ1n) is 7.02. The lowest BCUT2D eigenvalue weighted by Gasteiger charge is -2.34. The van der Waals surface area contributed by atoms with E-state index in [1.165, 1.54) is 6.33 Å². The maximum absolute atomic E-state index is 5.96. The standard InChI is InChI=1S/C15H28N4/c1-7-8-11-12(16)17-10-18-13(11)19-15(5,6)9-14(2,3)4/h10H,7-9H2,1-6H3,(H3,16,17,18,19). The van der Waals surface area contributed by atoms with Crippen molar-refractivity contribution in [3.63, 3.8) is 0 Å². The van der Waals surface area contributed by atoms with Crippen molar-refractivity contribution in [3.8, 4) is 0 Å². The Bertz CT molecular complexity index is 419. The van der Waals surface area contributed by atoms with Gasteiger partial charge >= 0.3 is 0 Å². The fourth-order valence-corrected chi connectivity index (χ4v) is 2.72. The summed E-state index contributed by atoms with van der Waals surface area (Å²) in [5, 5.41) is 3.54. The van der Waals surface area contributed by atoms with Crippen LogP contribution in [0.25, 0.3) is 0 Å². The van der Waals surface area contributed by atoms with E-state index < -0.39 is 0 Å². The minimum atomic E-state index is -0.0263. The molecule has 0 radical (unpaired) electrons. The molecule has 19 heavy (non-hydrogen) atoms. The largest absolute Gasteiger partial charge is 0.383 e. The Labute approximate surface area is 117 Å². The van der Waals surface area contributed by atoms with Gasteiger partial charge in [-0.15, -0.1) is 0 Å². The summed E-state index contributed by atoms with van der Waals surface area (Å²) < 4.78 is 0. The molecule has 0 saturated carbocycles. The number of anilines is 2. The average molecular weight is 264 g/mol. The van der Waals surface area contributed by atoms with Crippen LogP contribution in [-0.4, -0.2) is 15.5 Å². The summed E-state index contributed by atoms with van der Waals surface area (Å²) in [6, 6.07) is 0.